The lowest BCUT2D eigenvalue weighted by Gasteiger charge is -2.23. The van der Waals surface area contributed by atoms with Gasteiger partial charge in [-0.3, -0.25) is 19.2 Å². The van der Waals surface area contributed by atoms with Gasteiger partial charge in [-0.15, -0.1) is 0 Å². The molecule has 0 saturated heterocycles. The third-order valence-corrected chi connectivity index (χ3v) is 3.41. The van der Waals surface area contributed by atoms with Gasteiger partial charge in [0.15, 0.2) is 6.04 Å². The first kappa shape index (κ1) is 19.1. The van der Waals surface area contributed by atoms with Gasteiger partial charge in [0.1, 0.15) is 6.04 Å². The summed E-state index contributed by atoms with van der Waals surface area (Å²) in [7, 11) is 0. The Hall–Kier alpha value is -2.90. The average molecular weight is 334 g/mol. The van der Waals surface area contributed by atoms with Crippen molar-refractivity contribution in [3.63, 3.8) is 0 Å². The van der Waals surface area contributed by atoms with Crippen LogP contribution in [0.4, 0.5) is 0 Å². The monoisotopic (exact) mass is 334 g/mol. The standard InChI is InChI=1S/C16H22N4O4/c1-8(2)11(16(24)20-12(13(17)21)14(18)22)19-15(23)10-6-4-9(3)5-7-10/h4-8,11-12H,1-3H3,(H2,17,21)(H2,18,22)(H,19,23)(H,20,24)/t11-/m1/s1. The maximum absolute atomic E-state index is 12.3. The lowest BCUT2D eigenvalue weighted by Crippen LogP contribution is -2.58. The summed E-state index contributed by atoms with van der Waals surface area (Å²) >= 11 is 0. The molecule has 0 radical (unpaired) electrons. The summed E-state index contributed by atoms with van der Waals surface area (Å²) in [4.78, 5) is 46.9. The minimum Gasteiger partial charge on any atom is -0.367 e. The van der Waals surface area contributed by atoms with E-state index in [4.69, 9.17) is 11.5 Å². The first-order valence-corrected chi connectivity index (χ1v) is 7.40. The normalized spacial score (nSPS) is 11.9. The topological polar surface area (TPSA) is 144 Å². The summed E-state index contributed by atoms with van der Waals surface area (Å²) in [5, 5.41) is 4.74. The van der Waals surface area contributed by atoms with E-state index in [9.17, 15) is 19.2 Å². The Morgan fingerprint density at radius 2 is 1.42 bits per heavy atom. The van der Waals surface area contributed by atoms with E-state index in [1.54, 1.807) is 38.1 Å². The molecule has 130 valence electrons. The van der Waals surface area contributed by atoms with E-state index in [0.29, 0.717) is 5.56 Å². The first-order chi connectivity index (χ1) is 11.1. The quantitative estimate of drug-likeness (QED) is 0.484. The summed E-state index contributed by atoms with van der Waals surface area (Å²) in [5.41, 5.74) is 11.4. The van der Waals surface area contributed by atoms with Gasteiger partial charge in [0.05, 0.1) is 0 Å². The molecule has 0 spiro atoms. The van der Waals surface area contributed by atoms with Crippen LogP contribution in [-0.2, 0) is 14.4 Å². The molecule has 0 saturated carbocycles. The van der Waals surface area contributed by atoms with E-state index in [2.05, 4.69) is 10.6 Å². The Morgan fingerprint density at radius 3 is 1.83 bits per heavy atom. The first-order valence-electron chi connectivity index (χ1n) is 7.40. The molecule has 1 rings (SSSR count). The van der Waals surface area contributed by atoms with Crippen molar-refractivity contribution in [2.45, 2.75) is 32.9 Å². The SMILES string of the molecule is Cc1ccc(C(=O)N[C@@H](C(=O)NC(C(N)=O)C(N)=O)C(C)C)cc1. The van der Waals surface area contributed by atoms with Gasteiger partial charge in [-0.1, -0.05) is 31.5 Å². The number of rotatable bonds is 7. The van der Waals surface area contributed by atoms with E-state index in [1.165, 1.54) is 0 Å². The number of carbonyl (C=O) groups is 4. The van der Waals surface area contributed by atoms with E-state index in [-0.39, 0.29) is 5.92 Å². The molecule has 1 aromatic rings. The zero-order chi connectivity index (χ0) is 18.4. The summed E-state index contributed by atoms with van der Waals surface area (Å²) in [6, 6.07) is 4.23. The van der Waals surface area contributed by atoms with Crippen molar-refractivity contribution < 1.29 is 19.2 Å². The van der Waals surface area contributed by atoms with Gasteiger partial charge in [-0.2, -0.15) is 0 Å². The van der Waals surface area contributed by atoms with Crippen molar-refractivity contribution in [3.05, 3.63) is 35.4 Å². The number of nitrogens with one attached hydrogen (secondary N) is 2. The second-order valence-corrected chi connectivity index (χ2v) is 5.81. The zero-order valence-electron chi connectivity index (χ0n) is 13.8. The van der Waals surface area contributed by atoms with Crippen molar-refractivity contribution >= 4 is 23.6 Å². The largest absolute Gasteiger partial charge is 0.367 e. The Morgan fingerprint density at radius 1 is 0.917 bits per heavy atom. The summed E-state index contributed by atoms with van der Waals surface area (Å²) < 4.78 is 0. The number of amides is 4. The summed E-state index contributed by atoms with van der Waals surface area (Å²) in [6.45, 7) is 5.31. The lowest BCUT2D eigenvalue weighted by atomic mass is 10.0. The smallest absolute Gasteiger partial charge is 0.251 e. The number of hydrogen-bond acceptors (Lipinski definition) is 4. The molecule has 0 bridgehead atoms. The number of benzene rings is 1. The second-order valence-electron chi connectivity index (χ2n) is 5.81. The van der Waals surface area contributed by atoms with Crippen LogP contribution in [0.3, 0.4) is 0 Å². The fourth-order valence-electron chi connectivity index (χ4n) is 1.98. The van der Waals surface area contributed by atoms with Crippen LogP contribution >= 0.6 is 0 Å². The van der Waals surface area contributed by atoms with Crippen LogP contribution in [0.25, 0.3) is 0 Å². The van der Waals surface area contributed by atoms with Gasteiger partial charge < -0.3 is 22.1 Å². The van der Waals surface area contributed by atoms with Crippen molar-refractivity contribution in [2.75, 3.05) is 0 Å². The summed E-state index contributed by atoms with van der Waals surface area (Å²) in [6.07, 6.45) is 0. The Kier molecular flexibility index (Phi) is 6.46. The maximum atomic E-state index is 12.3. The predicted molar refractivity (Wildman–Crippen MR) is 87.6 cm³/mol. The summed E-state index contributed by atoms with van der Waals surface area (Å²) in [5.74, 6) is -3.58. The van der Waals surface area contributed by atoms with Gasteiger partial charge in [0.2, 0.25) is 17.7 Å². The minimum absolute atomic E-state index is 0.291. The van der Waals surface area contributed by atoms with E-state index >= 15 is 0 Å². The average Bonchev–Trinajstić information content (AvgIpc) is 2.49. The van der Waals surface area contributed by atoms with Crippen molar-refractivity contribution in [2.24, 2.45) is 17.4 Å². The van der Waals surface area contributed by atoms with Gasteiger partial charge in [-0.05, 0) is 25.0 Å². The molecule has 0 aliphatic heterocycles. The molecule has 0 heterocycles. The van der Waals surface area contributed by atoms with Crippen LogP contribution in [0, 0.1) is 12.8 Å². The number of carbonyl (C=O) groups excluding carboxylic acids is 4. The third-order valence-electron chi connectivity index (χ3n) is 3.41. The molecule has 8 heteroatoms. The fourth-order valence-corrected chi connectivity index (χ4v) is 1.98. The van der Waals surface area contributed by atoms with E-state index in [1.807, 2.05) is 6.92 Å². The molecule has 0 aromatic heterocycles. The Labute approximate surface area is 140 Å². The third kappa shape index (κ3) is 5.08. The van der Waals surface area contributed by atoms with Gasteiger partial charge >= 0.3 is 0 Å². The zero-order valence-corrected chi connectivity index (χ0v) is 13.8. The number of nitrogens with two attached hydrogens (primary N) is 2. The van der Waals surface area contributed by atoms with Crippen molar-refractivity contribution in [1.82, 2.24) is 10.6 Å². The highest BCUT2D eigenvalue weighted by Crippen LogP contribution is 2.07. The van der Waals surface area contributed by atoms with Gasteiger partial charge in [0, 0.05) is 5.56 Å². The van der Waals surface area contributed by atoms with Gasteiger partial charge in [0.25, 0.3) is 5.91 Å². The highest BCUT2D eigenvalue weighted by molar-refractivity contribution is 6.06. The minimum atomic E-state index is -1.63. The van der Waals surface area contributed by atoms with Crippen molar-refractivity contribution in [3.8, 4) is 0 Å². The highest BCUT2D eigenvalue weighted by Gasteiger charge is 2.30. The molecule has 24 heavy (non-hydrogen) atoms. The number of primary amides is 2. The molecule has 8 nitrogen and oxygen atoms in total. The maximum Gasteiger partial charge on any atom is 0.251 e. The Balaban J connectivity index is 2.88. The Bertz CT molecular complexity index is 626. The van der Waals surface area contributed by atoms with E-state index in [0.717, 1.165) is 5.56 Å². The van der Waals surface area contributed by atoms with Crippen LogP contribution in [0.5, 0.6) is 0 Å². The molecular formula is C16H22N4O4. The molecule has 0 aliphatic carbocycles. The molecule has 0 fully saturated rings. The molecule has 0 aliphatic rings. The van der Waals surface area contributed by atoms with Crippen LogP contribution in [-0.4, -0.2) is 35.7 Å². The molecule has 6 N–H and O–H groups in total. The highest BCUT2D eigenvalue weighted by atomic mass is 16.2. The van der Waals surface area contributed by atoms with Crippen LogP contribution in [0.2, 0.25) is 0 Å². The number of aryl methyl sites for hydroxylation is 1. The van der Waals surface area contributed by atoms with E-state index < -0.39 is 35.7 Å². The second kappa shape index (κ2) is 8.09. The van der Waals surface area contributed by atoms with Crippen molar-refractivity contribution in [1.29, 1.82) is 0 Å². The van der Waals surface area contributed by atoms with Gasteiger partial charge in [-0.25, -0.2) is 0 Å². The molecule has 1 aromatic carbocycles. The van der Waals surface area contributed by atoms with Crippen LogP contribution < -0.4 is 22.1 Å². The lowest BCUT2D eigenvalue weighted by molar-refractivity contribution is -0.135. The number of hydrogen-bond donors (Lipinski definition) is 4. The van der Waals surface area contributed by atoms with Crippen LogP contribution in [0.15, 0.2) is 24.3 Å². The predicted octanol–water partition coefficient (Wildman–Crippen LogP) is -0.795. The molecule has 0 unspecified atom stereocenters. The molecular weight excluding hydrogens is 312 g/mol. The fraction of sp³-hybridized carbons (Fsp3) is 0.375. The molecule has 4 amide bonds. The van der Waals surface area contributed by atoms with Crippen LogP contribution in [0.1, 0.15) is 29.8 Å². The molecule has 1 atom stereocenters.